The third kappa shape index (κ3) is 4.57. The fourth-order valence-electron chi connectivity index (χ4n) is 4.01. The molecule has 3 aromatic rings. The van der Waals surface area contributed by atoms with E-state index in [0.29, 0.717) is 43.6 Å². The Bertz CT molecular complexity index is 1020. The van der Waals surface area contributed by atoms with E-state index in [2.05, 4.69) is 64.1 Å². The molecule has 0 spiro atoms. The van der Waals surface area contributed by atoms with Crippen molar-refractivity contribution >= 4 is 17.7 Å². The normalized spacial score (nSPS) is 13.0. The number of hydrogen-bond acceptors (Lipinski definition) is 6. The van der Waals surface area contributed by atoms with Crippen LogP contribution in [0.4, 0.5) is 11.8 Å². The summed E-state index contributed by atoms with van der Waals surface area (Å²) in [5.74, 6) is 1.20. The first-order chi connectivity index (χ1) is 15.6. The van der Waals surface area contributed by atoms with Gasteiger partial charge in [-0.3, -0.25) is 4.79 Å². The van der Waals surface area contributed by atoms with Gasteiger partial charge in [-0.2, -0.15) is 4.98 Å². The first-order valence-corrected chi connectivity index (χ1v) is 11.1. The average Bonchev–Trinajstić information content (AvgIpc) is 3.16. The van der Waals surface area contributed by atoms with Crippen molar-refractivity contribution in [2.75, 3.05) is 30.3 Å². The van der Waals surface area contributed by atoms with E-state index in [4.69, 9.17) is 10.7 Å². The van der Waals surface area contributed by atoms with Crippen molar-refractivity contribution in [2.24, 2.45) is 5.73 Å². The highest BCUT2D eigenvalue weighted by molar-refractivity contribution is 5.98. The molecule has 4 N–H and O–H groups in total. The zero-order valence-corrected chi connectivity index (χ0v) is 18.6. The van der Waals surface area contributed by atoms with Crippen LogP contribution in [0.1, 0.15) is 46.9 Å². The van der Waals surface area contributed by atoms with Gasteiger partial charge in [0.15, 0.2) is 0 Å². The van der Waals surface area contributed by atoms with Gasteiger partial charge >= 0.3 is 0 Å². The first-order valence-electron chi connectivity index (χ1n) is 11.1. The third-order valence-corrected chi connectivity index (χ3v) is 5.73. The molecule has 0 unspecified atom stereocenters. The summed E-state index contributed by atoms with van der Waals surface area (Å²) in [4.78, 5) is 24.0. The average molecular weight is 431 g/mol. The van der Waals surface area contributed by atoms with Gasteiger partial charge in [-0.1, -0.05) is 60.7 Å². The zero-order valence-electron chi connectivity index (χ0n) is 18.6. The Kier molecular flexibility index (Phi) is 6.66. The molecule has 1 aliphatic rings. The van der Waals surface area contributed by atoms with Gasteiger partial charge in [0.05, 0.1) is 6.54 Å². The van der Waals surface area contributed by atoms with Gasteiger partial charge in [-0.25, -0.2) is 4.98 Å². The minimum Gasteiger partial charge on any atom is -0.369 e. The van der Waals surface area contributed by atoms with E-state index in [0.717, 1.165) is 5.56 Å². The summed E-state index contributed by atoms with van der Waals surface area (Å²) < 4.78 is 0. The molecule has 0 saturated carbocycles. The number of nitrogens with one attached hydrogen (secondary N) is 2. The van der Waals surface area contributed by atoms with Crippen molar-refractivity contribution in [3.05, 3.63) is 83.0 Å². The summed E-state index contributed by atoms with van der Waals surface area (Å²) in [6, 6.07) is 20.9. The molecule has 2 heterocycles. The molecule has 0 saturated heterocycles. The van der Waals surface area contributed by atoms with Crippen molar-refractivity contribution in [1.29, 1.82) is 0 Å². The summed E-state index contributed by atoms with van der Waals surface area (Å²) >= 11 is 0. The molecule has 0 aliphatic carbocycles. The smallest absolute Gasteiger partial charge is 0.273 e. The molecule has 1 aromatic heterocycles. The maximum Gasteiger partial charge on any atom is 0.273 e. The van der Waals surface area contributed by atoms with Gasteiger partial charge in [0, 0.05) is 37.2 Å². The maximum atomic E-state index is 13.0. The number of nitrogens with two attached hydrogens (primary N) is 1. The number of anilines is 2. The molecule has 7 heteroatoms. The van der Waals surface area contributed by atoms with Crippen molar-refractivity contribution in [2.45, 2.75) is 32.4 Å². The van der Waals surface area contributed by atoms with Crippen LogP contribution in [-0.4, -0.2) is 46.5 Å². The summed E-state index contributed by atoms with van der Waals surface area (Å²) in [5.41, 5.74) is 9.39. The van der Waals surface area contributed by atoms with Crippen molar-refractivity contribution in [3.8, 4) is 0 Å². The summed E-state index contributed by atoms with van der Waals surface area (Å²) in [7, 11) is 0. The van der Waals surface area contributed by atoms with Gasteiger partial charge in [-0.15, -0.1) is 0 Å². The Balaban J connectivity index is 1.66. The predicted octanol–water partition coefficient (Wildman–Crippen LogP) is 3.46. The molecular formula is C25H30N6O. The number of aromatic nitrogens is 2. The summed E-state index contributed by atoms with van der Waals surface area (Å²) in [6.45, 7) is 6.17. The molecule has 32 heavy (non-hydrogen) atoms. The van der Waals surface area contributed by atoms with Gasteiger partial charge in [0.1, 0.15) is 11.5 Å². The molecule has 0 fully saturated rings. The molecule has 0 bridgehead atoms. The molecule has 1 aliphatic heterocycles. The summed E-state index contributed by atoms with van der Waals surface area (Å²) in [6.07, 6.45) is 0. The minimum absolute atomic E-state index is 0.0566. The van der Waals surface area contributed by atoms with Crippen LogP contribution in [0, 0.1) is 0 Å². The molecule has 0 atom stereocenters. The van der Waals surface area contributed by atoms with Crippen LogP contribution in [0.5, 0.6) is 0 Å². The number of rotatable bonds is 9. The van der Waals surface area contributed by atoms with Crippen LogP contribution in [0.15, 0.2) is 60.7 Å². The Morgan fingerprint density at radius 1 is 0.969 bits per heavy atom. The molecule has 4 rings (SSSR count). The minimum atomic E-state index is -0.0566. The standard InChI is InChI=1S/C25H30N6O/c1-17(2)31-16-21-22(24(31)32)29-25(27-14-13-26)30-23(21)28-15-20(18-9-5-3-6-10-18)19-11-7-4-8-12-19/h3-12,17,20H,13-16,26H2,1-2H3,(H2,27,28,29,30). The second kappa shape index (κ2) is 9.78. The quantitative estimate of drug-likeness (QED) is 0.481. The van der Waals surface area contributed by atoms with Gasteiger partial charge in [0.2, 0.25) is 5.95 Å². The number of benzene rings is 2. The Hall–Kier alpha value is -3.45. The molecule has 166 valence electrons. The number of fused-ring (bicyclic) bond motifs is 1. The Morgan fingerprint density at radius 3 is 2.16 bits per heavy atom. The van der Waals surface area contributed by atoms with Crippen molar-refractivity contribution in [3.63, 3.8) is 0 Å². The van der Waals surface area contributed by atoms with E-state index in [1.165, 1.54) is 11.1 Å². The van der Waals surface area contributed by atoms with Gasteiger partial charge in [0.25, 0.3) is 5.91 Å². The largest absolute Gasteiger partial charge is 0.369 e. The topological polar surface area (TPSA) is 96.2 Å². The summed E-state index contributed by atoms with van der Waals surface area (Å²) in [5, 5.41) is 6.66. The molecule has 1 amide bonds. The molecule has 7 nitrogen and oxygen atoms in total. The lowest BCUT2D eigenvalue weighted by Crippen LogP contribution is -2.31. The highest BCUT2D eigenvalue weighted by atomic mass is 16.2. The van der Waals surface area contributed by atoms with Crippen LogP contribution in [0.25, 0.3) is 0 Å². The molecular weight excluding hydrogens is 400 g/mol. The highest BCUT2D eigenvalue weighted by Crippen LogP contribution is 2.31. The van der Waals surface area contributed by atoms with Crippen LogP contribution < -0.4 is 16.4 Å². The monoisotopic (exact) mass is 430 g/mol. The van der Waals surface area contributed by atoms with Crippen LogP contribution >= 0.6 is 0 Å². The predicted molar refractivity (Wildman–Crippen MR) is 128 cm³/mol. The van der Waals surface area contributed by atoms with E-state index < -0.39 is 0 Å². The fraction of sp³-hybridized carbons (Fsp3) is 0.320. The lowest BCUT2D eigenvalue weighted by atomic mass is 9.91. The number of hydrogen-bond donors (Lipinski definition) is 3. The third-order valence-electron chi connectivity index (χ3n) is 5.73. The van der Waals surface area contributed by atoms with Crippen LogP contribution in [0.3, 0.4) is 0 Å². The Morgan fingerprint density at radius 2 is 1.59 bits per heavy atom. The first kappa shape index (κ1) is 21.8. The highest BCUT2D eigenvalue weighted by Gasteiger charge is 2.34. The fourth-order valence-corrected chi connectivity index (χ4v) is 4.01. The van der Waals surface area contributed by atoms with Crippen molar-refractivity contribution in [1.82, 2.24) is 14.9 Å². The Labute approximate surface area is 189 Å². The lowest BCUT2D eigenvalue weighted by molar-refractivity contribution is 0.0726. The number of amides is 1. The second-order valence-electron chi connectivity index (χ2n) is 8.22. The second-order valence-corrected chi connectivity index (χ2v) is 8.22. The van der Waals surface area contributed by atoms with E-state index in [1.54, 1.807) is 0 Å². The van der Waals surface area contributed by atoms with E-state index in [-0.39, 0.29) is 17.9 Å². The SMILES string of the molecule is CC(C)N1Cc2c(NCC(c3ccccc3)c3ccccc3)nc(NCCN)nc2C1=O. The van der Waals surface area contributed by atoms with Crippen LogP contribution in [-0.2, 0) is 6.54 Å². The van der Waals surface area contributed by atoms with Gasteiger partial charge < -0.3 is 21.3 Å². The van der Waals surface area contributed by atoms with Crippen molar-refractivity contribution < 1.29 is 4.79 Å². The number of nitrogens with zero attached hydrogens (tertiary/aromatic N) is 3. The van der Waals surface area contributed by atoms with E-state index >= 15 is 0 Å². The lowest BCUT2D eigenvalue weighted by Gasteiger charge is -2.21. The van der Waals surface area contributed by atoms with E-state index in [1.807, 2.05) is 30.9 Å². The molecule has 0 radical (unpaired) electrons. The van der Waals surface area contributed by atoms with Gasteiger partial charge in [-0.05, 0) is 25.0 Å². The van der Waals surface area contributed by atoms with E-state index in [9.17, 15) is 4.79 Å². The number of carbonyl (C=O) groups excluding carboxylic acids is 1. The van der Waals surface area contributed by atoms with Crippen LogP contribution in [0.2, 0.25) is 0 Å². The maximum absolute atomic E-state index is 13.0. The molecule has 2 aromatic carbocycles. The zero-order chi connectivity index (χ0) is 22.5. The number of carbonyl (C=O) groups is 1.